The lowest BCUT2D eigenvalue weighted by Gasteiger charge is -2.27. The van der Waals surface area contributed by atoms with Gasteiger partial charge in [0.15, 0.2) is 0 Å². The van der Waals surface area contributed by atoms with Gasteiger partial charge >= 0.3 is 6.03 Å². The van der Waals surface area contributed by atoms with Crippen LogP contribution in [0.15, 0.2) is 53.5 Å². The van der Waals surface area contributed by atoms with E-state index in [-0.39, 0.29) is 24.0 Å². The Hall–Kier alpha value is -3.02. The Kier molecular flexibility index (Phi) is 6.68. The molecule has 1 saturated carbocycles. The highest BCUT2D eigenvalue weighted by atomic mass is 16.5. The minimum absolute atomic E-state index is 0.0754. The van der Waals surface area contributed by atoms with Crippen molar-refractivity contribution < 1.29 is 14.3 Å². The minimum Gasteiger partial charge on any atom is -0.497 e. The molecule has 0 N–H and O–H groups in total. The molecule has 0 bridgehead atoms. The summed E-state index contributed by atoms with van der Waals surface area (Å²) in [7, 11) is 3.29. The monoisotopic (exact) mass is 435 g/mol. The van der Waals surface area contributed by atoms with Gasteiger partial charge in [-0.3, -0.25) is 9.89 Å². The van der Waals surface area contributed by atoms with Crippen molar-refractivity contribution >= 4 is 23.2 Å². The number of amides is 2. The molecule has 1 unspecified atom stereocenters. The minimum atomic E-state index is -0.139. The molecule has 0 spiro atoms. The van der Waals surface area contributed by atoms with E-state index in [2.05, 4.69) is 13.8 Å². The summed E-state index contributed by atoms with van der Waals surface area (Å²) in [6.07, 6.45) is 5.84. The van der Waals surface area contributed by atoms with E-state index in [0.29, 0.717) is 0 Å². The molecule has 32 heavy (non-hydrogen) atoms. The van der Waals surface area contributed by atoms with E-state index in [0.717, 1.165) is 41.6 Å². The van der Waals surface area contributed by atoms with Crippen LogP contribution in [0.5, 0.6) is 11.5 Å². The normalized spacial score (nSPS) is 21.0. The molecule has 2 amide bonds. The van der Waals surface area contributed by atoms with E-state index < -0.39 is 0 Å². The van der Waals surface area contributed by atoms with Crippen LogP contribution in [0.3, 0.4) is 0 Å². The van der Waals surface area contributed by atoms with Crippen LogP contribution in [0, 0.1) is 5.92 Å². The SMILES string of the molecule is COc1ccc(N2C(=O)N(c3ccc(OC)cc3)C(C(C)C)C2=NC2CCCCC2)cc1. The molecule has 4 rings (SSSR count). The molecule has 1 saturated heterocycles. The summed E-state index contributed by atoms with van der Waals surface area (Å²) in [6.45, 7) is 4.31. The van der Waals surface area contributed by atoms with E-state index in [1.165, 1.54) is 19.3 Å². The quantitative estimate of drug-likeness (QED) is 0.567. The zero-order chi connectivity index (χ0) is 22.7. The fourth-order valence-electron chi connectivity index (χ4n) is 4.69. The van der Waals surface area contributed by atoms with Gasteiger partial charge in [0.05, 0.1) is 32.0 Å². The maximum atomic E-state index is 13.9. The number of nitrogens with zero attached hydrogens (tertiary/aromatic N) is 3. The van der Waals surface area contributed by atoms with Crippen LogP contribution in [-0.4, -0.2) is 38.2 Å². The van der Waals surface area contributed by atoms with Gasteiger partial charge in [-0.15, -0.1) is 0 Å². The first-order valence-electron chi connectivity index (χ1n) is 11.5. The van der Waals surface area contributed by atoms with Crippen molar-refractivity contribution in [2.24, 2.45) is 10.9 Å². The molecule has 2 aromatic rings. The third-order valence-electron chi connectivity index (χ3n) is 6.37. The number of hydrogen-bond donors (Lipinski definition) is 0. The molecule has 6 nitrogen and oxygen atoms in total. The van der Waals surface area contributed by atoms with Crippen molar-refractivity contribution in [1.29, 1.82) is 0 Å². The van der Waals surface area contributed by atoms with Crippen molar-refractivity contribution in [3.05, 3.63) is 48.5 Å². The summed E-state index contributed by atoms with van der Waals surface area (Å²) in [5, 5.41) is 0. The van der Waals surface area contributed by atoms with Gasteiger partial charge in [0.2, 0.25) is 0 Å². The van der Waals surface area contributed by atoms with E-state index in [9.17, 15) is 4.79 Å². The van der Waals surface area contributed by atoms with Crippen LogP contribution in [0.25, 0.3) is 0 Å². The molecule has 6 heteroatoms. The molecule has 2 aromatic carbocycles. The van der Waals surface area contributed by atoms with E-state index in [1.807, 2.05) is 53.4 Å². The number of methoxy groups -OCH3 is 2. The lowest BCUT2D eigenvalue weighted by molar-refractivity contribution is 0.255. The van der Waals surface area contributed by atoms with Gasteiger partial charge in [0.1, 0.15) is 17.3 Å². The Balaban J connectivity index is 1.80. The third kappa shape index (κ3) is 4.31. The fourth-order valence-corrected chi connectivity index (χ4v) is 4.69. The zero-order valence-corrected chi connectivity index (χ0v) is 19.5. The van der Waals surface area contributed by atoms with Crippen LogP contribution in [0.4, 0.5) is 16.2 Å². The summed E-state index contributed by atoms with van der Waals surface area (Å²) >= 11 is 0. The molecular formula is C26H33N3O3. The van der Waals surface area contributed by atoms with Crippen LogP contribution < -0.4 is 19.3 Å². The highest BCUT2D eigenvalue weighted by molar-refractivity contribution is 6.30. The van der Waals surface area contributed by atoms with Gasteiger partial charge in [0, 0.05) is 5.69 Å². The van der Waals surface area contributed by atoms with Gasteiger partial charge in [-0.1, -0.05) is 33.1 Å². The number of aliphatic imine (C=N–C) groups is 1. The first kappa shape index (κ1) is 22.2. The molecule has 1 aliphatic carbocycles. The highest BCUT2D eigenvalue weighted by Crippen LogP contribution is 2.36. The number of urea groups is 1. The predicted octanol–water partition coefficient (Wildman–Crippen LogP) is 5.91. The average molecular weight is 436 g/mol. The lowest BCUT2D eigenvalue weighted by atomic mass is 9.95. The van der Waals surface area contributed by atoms with Gasteiger partial charge in [-0.25, -0.2) is 9.69 Å². The molecule has 170 valence electrons. The van der Waals surface area contributed by atoms with Gasteiger partial charge < -0.3 is 9.47 Å². The molecule has 0 aromatic heterocycles. The molecule has 1 aliphatic heterocycles. The smallest absolute Gasteiger partial charge is 0.335 e. The Bertz CT molecular complexity index is 947. The van der Waals surface area contributed by atoms with Gasteiger partial charge in [-0.2, -0.15) is 0 Å². The average Bonchev–Trinajstić information content (AvgIpc) is 3.11. The van der Waals surface area contributed by atoms with Crippen molar-refractivity contribution in [3.8, 4) is 11.5 Å². The predicted molar refractivity (Wildman–Crippen MR) is 129 cm³/mol. The number of rotatable bonds is 6. The number of amidine groups is 1. The van der Waals surface area contributed by atoms with Gasteiger partial charge in [0.25, 0.3) is 0 Å². The summed E-state index contributed by atoms with van der Waals surface area (Å²) in [6, 6.07) is 15.4. The van der Waals surface area contributed by atoms with Crippen molar-refractivity contribution in [2.45, 2.75) is 58.0 Å². The zero-order valence-electron chi connectivity index (χ0n) is 19.5. The second kappa shape index (κ2) is 9.63. The van der Waals surface area contributed by atoms with Crippen LogP contribution >= 0.6 is 0 Å². The highest BCUT2D eigenvalue weighted by Gasteiger charge is 2.46. The third-order valence-corrected chi connectivity index (χ3v) is 6.37. The lowest BCUT2D eigenvalue weighted by Crippen LogP contribution is -2.39. The maximum absolute atomic E-state index is 13.9. The maximum Gasteiger partial charge on any atom is 0.335 e. The number of carbonyl (C=O) groups is 1. The van der Waals surface area contributed by atoms with E-state index in [1.54, 1.807) is 19.1 Å². The topological polar surface area (TPSA) is 54.4 Å². The number of anilines is 2. The molecule has 0 radical (unpaired) electrons. The van der Waals surface area contributed by atoms with Crippen molar-refractivity contribution in [1.82, 2.24) is 0 Å². The summed E-state index contributed by atoms with van der Waals surface area (Å²) in [5.41, 5.74) is 1.66. The van der Waals surface area contributed by atoms with E-state index >= 15 is 0 Å². The Morgan fingerprint density at radius 3 is 1.88 bits per heavy atom. The second-order valence-corrected chi connectivity index (χ2v) is 8.85. The first-order valence-corrected chi connectivity index (χ1v) is 11.5. The summed E-state index contributed by atoms with van der Waals surface area (Å²) in [4.78, 5) is 22.8. The van der Waals surface area contributed by atoms with Crippen molar-refractivity contribution in [2.75, 3.05) is 24.0 Å². The summed E-state index contributed by atoms with van der Waals surface area (Å²) in [5.74, 6) is 2.58. The standard InChI is InChI=1S/C26H33N3O3/c1-18(2)24-25(27-19-8-6-5-7-9-19)29(21-12-16-23(32-4)17-13-21)26(30)28(24)20-10-14-22(31-3)15-11-20/h10-19,24H,5-9H2,1-4H3. The Morgan fingerprint density at radius 1 is 0.844 bits per heavy atom. The van der Waals surface area contributed by atoms with Gasteiger partial charge in [-0.05, 0) is 67.3 Å². The number of hydrogen-bond acceptors (Lipinski definition) is 4. The molecule has 2 aliphatic rings. The Labute approximate surface area is 190 Å². The van der Waals surface area contributed by atoms with Crippen LogP contribution in [0.1, 0.15) is 46.0 Å². The van der Waals surface area contributed by atoms with Crippen LogP contribution in [-0.2, 0) is 0 Å². The number of benzene rings is 2. The molecule has 1 atom stereocenters. The van der Waals surface area contributed by atoms with Crippen LogP contribution in [0.2, 0.25) is 0 Å². The second-order valence-electron chi connectivity index (χ2n) is 8.85. The number of ether oxygens (including phenoxy) is 2. The van der Waals surface area contributed by atoms with E-state index in [4.69, 9.17) is 14.5 Å². The first-order chi connectivity index (χ1) is 15.5. The largest absolute Gasteiger partial charge is 0.497 e. The number of carbonyl (C=O) groups excluding carboxylic acids is 1. The molecular weight excluding hydrogens is 402 g/mol. The summed E-state index contributed by atoms with van der Waals surface area (Å²) < 4.78 is 10.6. The molecule has 2 fully saturated rings. The fraction of sp³-hybridized carbons (Fsp3) is 0.462. The molecule has 1 heterocycles. The Morgan fingerprint density at radius 2 is 1.38 bits per heavy atom. The van der Waals surface area contributed by atoms with Crippen molar-refractivity contribution in [3.63, 3.8) is 0 Å².